The number of aromatic nitrogens is 1. The van der Waals surface area contributed by atoms with Gasteiger partial charge < -0.3 is 10.6 Å². The van der Waals surface area contributed by atoms with Crippen molar-refractivity contribution in [1.29, 1.82) is 0 Å². The first-order chi connectivity index (χ1) is 16.3. The highest BCUT2D eigenvalue weighted by atomic mass is 32.1. The second kappa shape index (κ2) is 8.89. The number of thiazole rings is 1. The van der Waals surface area contributed by atoms with E-state index in [0.29, 0.717) is 38.0 Å². The molecule has 174 valence electrons. The fraction of sp³-hybridized carbons (Fsp3) is 0.259. The van der Waals surface area contributed by atoms with Gasteiger partial charge in [-0.15, -0.1) is 11.3 Å². The molecule has 0 unspecified atom stereocenters. The van der Waals surface area contributed by atoms with Crippen LogP contribution in [-0.4, -0.2) is 34.5 Å². The molecule has 1 saturated heterocycles. The summed E-state index contributed by atoms with van der Waals surface area (Å²) < 4.78 is 28.6. The molecule has 1 fully saturated rings. The van der Waals surface area contributed by atoms with Crippen LogP contribution in [0.1, 0.15) is 35.1 Å². The number of rotatable bonds is 4. The lowest BCUT2D eigenvalue weighted by Gasteiger charge is -2.34. The van der Waals surface area contributed by atoms with Crippen LogP contribution < -0.4 is 5.73 Å². The second-order valence-corrected chi connectivity index (χ2v) is 10.1. The Kier molecular flexibility index (Phi) is 5.91. The Labute approximate surface area is 201 Å². The molecular formula is C27H25F2N3OS. The van der Waals surface area contributed by atoms with Gasteiger partial charge in [-0.25, -0.2) is 13.8 Å². The third-order valence-electron chi connectivity index (χ3n) is 6.42. The highest BCUT2D eigenvalue weighted by Gasteiger charge is 2.31. The third-order valence-corrected chi connectivity index (χ3v) is 7.55. The molecule has 3 aromatic carbocycles. The summed E-state index contributed by atoms with van der Waals surface area (Å²) in [5, 5.41) is 0.836. The number of carbonyl (C=O) groups excluding carboxylic acids is 1. The summed E-state index contributed by atoms with van der Waals surface area (Å²) in [7, 11) is 0. The smallest absolute Gasteiger partial charge is 0.253 e. The highest BCUT2D eigenvalue weighted by molar-refractivity contribution is 7.19. The number of nitrogens with zero attached hydrogens (tertiary/aromatic N) is 2. The first-order valence-corrected chi connectivity index (χ1v) is 12.1. The molecule has 1 aliphatic rings. The molecule has 0 spiro atoms. The maximum absolute atomic E-state index is 14.1. The molecule has 7 heteroatoms. The van der Waals surface area contributed by atoms with E-state index in [4.69, 9.17) is 5.73 Å². The molecule has 2 N–H and O–H groups in total. The van der Waals surface area contributed by atoms with Crippen LogP contribution in [0.4, 0.5) is 8.78 Å². The predicted octanol–water partition coefficient (Wildman–Crippen LogP) is 6.19. The summed E-state index contributed by atoms with van der Waals surface area (Å²) in [4.78, 5) is 19.3. The Morgan fingerprint density at radius 3 is 2.32 bits per heavy atom. The van der Waals surface area contributed by atoms with E-state index in [9.17, 15) is 13.6 Å². The van der Waals surface area contributed by atoms with Gasteiger partial charge in [-0.3, -0.25) is 4.79 Å². The van der Waals surface area contributed by atoms with Gasteiger partial charge in [-0.2, -0.15) is 0 Å². The number of fused-ring (bicyclic) bond motifs is 1. The Morgan fingerprint density at radius 1 is 1.03 bits per heavy atom. The van der Waals surface area contributed by atoms with Crippen molar-refractivity contribution < 1.29 is 13.6 Å². The van der Waals surface area contributed by atoms with Crippen LogP contribution in [0.15, 0.2) is 60.7 Å². The Morgan fingerprint density at radius 2 is 1.68 bits per heavy atom. The van der Waals surface area contributed by atoms with Crippen molar-refractivity contribution in [1.82, 2.24) is 9.88 Å². The average Bonchev–Trinajstić information content (AvgIpc) is 3.27. The van der Waals surface area contributed by atoms with Crippen LogP contribution in [0.2, 0.25) is 0 Å². The van der Waals surface area contributed by atoms with E-state index in [-0.39, 0.29) is 11.7 Å². The zero-order valence-electron chi connectivity index (χ0n) is 18.9. The predicted molar refractivity (Wildman–Crippen MR) is 133 cm³/mol. The number of likely N-dealkylation sites (tertiary alicyclic amines) is 1. The molecule has 1 aliphatic heterocycles. The lowest BCUT2D eigenvalue weighted by atomic mass is 9.95. The van der Waals surface area contributed by atoms with Gasteiger partial charge in [0.15, 0.2) is 0 Å². The molecule has 0 radical (unpaired) electrons. The number of nitrogens with two attached hydrogens (primary N) is 1. The van der Waals surface area contributed by atoms with Gasteiger partial charge in [-0.05, 0) is 72.9 Å². The van der Waals surface area contributed by atoms with Crippen molar-refractivity contribution in [3.05, 3.63) is 77.1 Å². The van der Waals surface area contributed by atoms with Crippen molar-refractivity contribution in [3.63, 3.8) is 0 Å². The van der Waals surface area contributed by atoms with Crippen molar-refractivity contribution in [3.8, 4) is 22.3 Å². The normalized spacial score (nSPS) is 15.6. The lowest BCUT2D eigenvalue weighted by molar-refractivity contribution is 0.0504. The van der Waals surface area contributed by atoms with E-state index in [2.05, 4.69) is 11.1 Å². The van der Waals surface area contributed by atoms with Crippen molar-refractivity contribution in [2.24, 2.45) is 5.73 Å². The quantitative estimate of drug-likeness (QED) is 0.381. The van der Waals surface area contributed by atoms with E-state index < -0.39 is 5.67 Å². The van der Waals surface area contributed by atoms with E-state index in [1.807, 2.05) is 30.3 Å². The average molecular weight is 478 g/mol. The number of benzene rings is 3. The Hall–Kier alpha value is -3.16. The molecule has 0 atom stereocenters. The largest absolute Gasteiger partial charge is 0.338 e. The number of piperidine rings is 1. The fourth-order valence-electron chi connectivity index (χ4n) is 4.34. The zero-order chi connectivity index (χ0) is 23.9. The van der Waals surface area contributed by atoms with Gasteiger partial charge in [0.2, 0.25) is 0 Å². The van der Waals surface area contributed by atoms with E-state index in [1.54, 1.807) is 35.3 Å². The van der Waals surface area contributed by atoms with E-state index in [0.717, 1.165) is 37.5 Å². The van der Waals surface area contributed by atoms with Gasteiger partial charge in [0, 0.05) is 30.8 Å². The fourth-order valence-corrected chi connectivity index (χ4v) is 5.30. The SMILES string of the molecule is CC1(F)CCN(C(=O)c2ccc(-c3cc(-c4ccc(F)cc4)c4sc(CN)nc4c3)cc2)CC1. The summed E-state index contributed by atoms with van der Waals surface area (Å²) in [6.45, 7) is 2.81. The number of carbonyl (C=O) groups is 1. The van der Waals surface area contributed by atoms with Gasteiger partial charge in [0.05, 0.1) is 10.2 Å². The van der Waals surface area contributed by atoms with E-state index >= 15 is 0 Å². The van der Waals surface area contributed by atoms with Crippen LogP contribution in [0, 0.1) is 5.82 Å². The summed E-state index contributed by atoms with van der Waals surface area (Å²) in [6.07, 6.45) is 0.725. The third kappa shape index (κ3) is 4.45. The zero-order valence-corrected chi connectivity index (χ0v) is 19.7. The number of hydrogen-bond donors (Lipinski definition) is 1. The molecule has 0 bridgehead atoms. The van der Waals surface area contributed by atoms with E-state index in [1.165, 1.54) is 12.1 Å². The van der Waals surface area contributed by atoms with Gasteiger partial charge in [-0.1, -0.05) is 24.3 Å². The second-order valence-electron chi connectivity index (χ2n) is 8.97. The van der Waals surface area contributed by atoms with Crippen LogP contribution in [0.25, 0.3) is 32.5 Å². The highest BCUT2D eigenvalue weighted by Crippen LogP contribution is 2.37. The molecule has 2 heterocycles. The summed E-state index contributed by atoms with van der Waals surface area (Å²) in [5.74, 6) is -0.357. The van der Waals surface area contributed by atoms with Crippen LogP contribution >= 0.6 is 11.3 Å². The standard InChI is InChI=1S/C27H25F2N3OS/c1-27(29)10-12-32(13-11-27)26(33)19-4-2-17(3-5-19)20-14-22(18-6-8-21(28)9-7-18)25-23(15-20)31-24(16-30)34-25/h2-9,14-15H,10-13,16,30H2,1H3. The Balaban J connectivity index is 1.48. The minimum absolute atomic E-state index is 0.0726. The summed E-state index contributed by atoms with van der Waals surface area (Å²) >= 11 is 1.54. The van der Waals surface area contributed by atoms with Gasteiger partial charge in [0.1, 0.15) is 16.5 Å². The minimum atomic E-state index is -1.19. The minimum Gasteiger partial charge on any atom is -0.338 e. The summed E-state index contributed by atoms with van der Waals surface area (Å²) in [5.41, 5.74) is 9.83. The van der Waals surface area contributed by atoms with Crippen LogP contribution in [0.3, 0.4) is 0 Å². The first-order valence-electron chi connectivity index (χ1n) is 11.3. The van der Waals surface area contributed by atoms with Gasteiger partial charge >= 0.3 is 0 Å². The molecule has 1 amide bonds. The molecule has 0 saturated carbocycles. The molecular weight excluding hydrogens is 452 g/mol. The lowest BCUT2D eigenvalue weighted by Crippen LogP contribution is -2.43. The number of amides is 1. The first kappa shape index (κ1) is 22.6. The van der Waals surface area contributed by atoms with Crippen LogP contribution in [0.5, 0.6) is 0 Å². The monoisotopic (exact) mass is 477 g/mol. The number of alkyl halides is 1. The maximum atomic E-state index is 14.1. The van der Waals surface area contributed by atoms with Crippen molar-refractivity contribution >= 4 is 27.5 Å². The van der Waals surface area contributed by atoms with Crippen LogP contribution in [-0.2, 0) is 6.54 Å². The number of hydrogen-bond acceptors (Lipinski definition) is 4. The number of halogens is 2. The molecule has 1 aromatic heterocycles. The molecule has 4 aromatic rings. The molecule has 4 nitrogen and oxygen atoms in total. The summed E-state index contributed by atoms with van der Waals surface area (Å²) in [6, 6.07) is 18.0. The maximum Gasteiger partial charge on any atom is 0.253 e. The molecule has 0 aliphatic carbocycles. The van der Waals surface area contributed by atoms with Gasteiger partial charge in [0.25, 0.3) is 5.91 Å². The molecule has 34 heavy (non-hydrogen) atoms. The Bertz CT molecular complexity index is 1340. The topological polar surface area (TPSA) is 59.2 Å². The molecule has 5 rings (SSSR count). The van der Waals surface area contributed by atoms with Crippen molar-refractivity contribution in [2.45, 2.75) is 32.0 Å². The van der Waals surface area contributed by atoms with Crippen molar-refractivity contribution in [2.75, 3.05) is 13.1 Å².